The zero-order chi connectivity index (χ0) is 15.6. The molecule has 0 aliphatic rings. The van der Waals surface area contributed by atoms with Crippen LogP contribution in [0.5, 0.6) is 11.5 Å². The third-order valence-electron chi connectivity index (χ3n) is 3.35. The summed E-state index contributed by atoms with van der Waals surface area (Å²) in [5.41, 5.74) is 1.03. The molecule has 0 unspecified atom stereocenters. The lowest BCUT2D eigenvalue weighted by Crippen LogP contribution is -2.11. The van der Waals surface area contributed by atoms with Crippen LogP contribution >= 0.6 is 0 Å². The van der Waals surface area contributed by atoms with Crippen molar-refractivity contribution in [1.82, 2.24) is 4.98 Å². The molecule has 2 rings (SSSR count). The fourth-order valence-electron chi connectivity index (χ4n) is 2.09. The van der Waals surface area contributed by atoms with Crippen molar-refractivity contribution in [3.63, 3.8) is 0 Å². The zero-order valence-corrected chi connectivity index (χ0v) is 12.7. The van der Waals surface area contributed by atoms with E-state index in [9.17, 15) is 9.90 Å². The number of rotatable bonds is 4. The van der Waals surface area contributed by atoms with E-state index in [-0.39, 0.29) is 5.75 Å². The second-order valence-electron chi connectivity index (χ2n) is 4.97. The van der Waals surface area contributed by atoms with Crippen LogP contribution in [0.1, 0.15) is 20.3 Å². The average molecular weight is 288 g/mol. The number of H-pyrrole nitrogens is 1. The SMILES string of the molecule is CC=C(CC)Oc1c(O)c(=O)[nH]c2cc(N(C)C)ccc12. The molecule has 0 aliphatic carbocycles. The molecule has 1 aromatic heterocycles. The highest BCUT2D eigenvalue weighted by molar-refractivity contribution is 5.89. The Balaban J connectivity index is 2.68. The van der Waals surface area contributed by atoms with Crippen LogP contribution in [0.4, 0.5) is 5.69 Å². The van der Waals surface area contributed by atoms with Gasteiger partial charge in [-0.2, -0.15) is 0 Å². The largest absolute Gasteiger partial charge is 0.500 e. The van der Waals surface area contributed by atoms with Crippen molar-refractivity contribution in [3.8, 4) is 11.5 Å². The lowest BCUT2D eigenvalue weighted by molar-refractivity contribution is 0.371. The minimum Gasteiger partial charge on any atom is -0.500 e. The summed E-state index contributed by atoms with van der Waals surface area (Å²) in [5, 5.41) is 10.7. The molecule has 0 bridgehead atoms. The molecule has 0 aliphatic heterocycles. The van der Waals surface area contributed by atoms with Crippen molar-refractivity contribution in [1.29, 1.82) is 0 Å². The van der Waals surface area contributed by atoms with Gasteiger partial charge in [0.25, 0.3) is 5.56 Å². The maximum Gasteiger partial charge on any atom is 0.294 e. The summed E-state index contributed by atoms with van der Waals surface area (Å²) in [5.74, 6) is 0.510. The Kier molecular flexibility index (Phi) is 4.21. The molecular formula is C16H20N2O3. The van der Waals surface area contributed by atoms with Gasteiger partial charge in [-0.05, 0) is 31.2 Å². The van der Waals surface area contributed by atoms with Gasteiger partial charge in [-0.3, -0.25) is 4.79 Å². The fourth-order valence-corrected chi connectivity index (χ4v) is 2.09. The van der Waals surface area contributed by atoms with E-state index in [4.69, 9.17) is 4.74 Å². The number of allylic oxidation sites excluding steroid dienone is 2. The standard InChI is InChI=1S/C16H20N2O3/c1-5-11(6-2)21-15-12-8-7-10(18(3)4)9-13(12)17-16(20)14(15)19/h5,7-9,19H,6H2,1-4H3,(H,17,20). The maximum atomic E-state index is 11.9. The number of pyridine rings is 1. The summed E-state index contributed by atoms with van der Waals surface area (Å²) in [4.78, 5) is 16.5. The first-order valence-corrected chi connectivity index (χ1v) is 6.87. The summed E-state index contributed by atoms with van der Waals surface area (Å²) >= 11 is 0. The van der Waals surface area contributed by atoms with Gasteiger partial charge >= 0.3 is 0 Å². The third-order valence-corrected chi connectivity index (χ3v) is 3.35. The molecule has 2 aromatic rings. The van der Waals surface area contributed by atoms with Crippen molar-refractivity contribution in [2.24, 2.45) is 0 Å². The predicted octanol–water partition coefficient (Wildman–Crippen LogP) is 2.99. The van der Waals surface area contributed by atoms with Crippen molar-refractivity contribution in [2.45, 2.75) is 20.3 Å². The minimum atomic E-state index is -0.556. The van der Waals surface area contributed by atoms with E-state index < -0.39 is 11.3 Å². The van der Waals surface area contributed by atoms with Crippen molar-refractivity contribution in [3.05, 3.63) is 40.4 Å². The fraction of sp³-hybridized carbons (Fsp3) is 0.312. The molecule has 112 valence electrons. The molecule has 0 saturated carbocycles. The molecule has 0 atom stereocenters. The Bertz CT molecular complexity index is 745. The molecule has 0 spiro atoms. The van der Waals surface area contributed by atoms with E-state index >= 15 is 0 Å². The number of aromatic hydroxyl groups is 1. The molecule has 1 aromatic carbocycles. The molecule has 0 radical (unpaired) electrons. The summed E-state index contributed by atoms with van der Waals surface area (Å²) in [6.07, 6.45) is 2.50. The molecular weight excluding hydrogens is 268 g/mol. The zero-order valence-electron chi connectivity index (χ0n) is 12.7. The lowest BCUT2D eigenvalue weighted by atomic mass is 10.1. The van der Waals surface area contributed by atoms with Crippen LogP contribution in [0.25, 0.3) is 10.9 Å². The number of ether oxygens (including phenoxy) is 1. The van der Waals surface area contributed by atoms with Crippen LogP contribution in [0.3, 0.4) is 0 Å². The Morgan fingerprint density at radius 3 is 2.71 bits per heavy atom. The Morgan fingerprint density at radius 1 is 1.43 bits per heavy atom. The number of aromatic amines is 1. The summed E-state index contributed by atoms with van der Waals surface area (Å²) in [7, 11) is 3.85. The first-order chi connectivity index (χ1) is 9.97. The smallest absolute Gasteiger partial charge is 0.294 e. The van der Waals surface area contributed by atoms with Crippen LogP contribution in [0, 0.1) is 0 Å². The van der Waals surface area contributed by atoms with Crippen LogP contribution in [-0.4, -0.2) is 24.2 Å². The van der Waals surface area contributed by atoms with Gasteiger partial charge in [0.1, 0.15) is 0 Å². The Hall–Kier alpha value is -2.43. The topological polar surface area (TPSA) is 65.6 Å². The van der Waals surface area contributed by atoms with Crippen LogP contribution in [0.2, 0.25) is 0 Å². The number of anilines is 1. The molecule has 0 saturated heterocycles. The molecule has 1 heterocycles. The number of hydrogen-bond donors (Lipinski definition) is 2. The monoisotopic (exact) mass is 288 g/mol. The van der Waals surface area contributed by atoms with Gasteiger partial charge in [-0.25, -0.2) is 0 Å². The molecule has 5 heteroatoms. The second kappa shape index (κ2) is 5.91. The second-order valence-corrected chi connectivity index (χ2v) is 4.97. The van der Waals surface area contributed by atoms with Gasteiger partial charge in [-0.15, -0.1) is 0 Å². The highest BCUT2D eigenvalue weighted by Gasteiger charge is 2.15. The van der Waals surface area contributed by atoms with Gasteiger partial charge in [0.15, 0.2) is 5.75 Å². The summed E-state index contributed by atoms with van der Waals surface area (Å²) in [6.45, 7) is 3.81. The maximum absolute atomic E-state index is 11.9. The number of nitrogens with zero attached hydrogens (tertiary/aromatic N) is 1. The molecule has 0 fully saturated rings. The van der Waals surface area contributed by atoms with E-state index in [1.807, 2.05) is 57.1 Å². The molecule has 5 nitrogen and oxygen atoms in total. The lowest BCUT2D eigenvalue weighted by Gasteiger charge is -2.15. The number of nitrogens with one attached hydrogen (secondary N) is 1. The van der Waals surface area contributed by atoms with Crippen LogP contribution < -0.4 is 15.2 Å². The normalized spacial score (nSPS) is 11.7. The number of fused-ring (bicyclic) bond motifs is 1. The van der Waals surface area contributed by atoms with Gasteiger partial charge in [0.05, 0.1) is 11.3 Å². The van der Waals surface area contributed by atoms with Crippen LogP contribution in [0.15, 0.2) is 34.8 Å². The third kappa shape index (κ3) is 2.86. The van der Waals surface area contributed by atoms with Crippen molar-refractivity contribution in [2.75, 3.05) is 19.0 Å². The number of benzene rings is 1. The first-order valence-electron chi connectivity index (χ1n) is 6.87. The van der Waals surface area contributed by atoms with E-state index in [0.29, 0.717) is 23.1 Å². The predicted molar refractivity (Wildman–Crippen MR) is 85.2 cm³/mol. The summed E-state index contributed by atoms with van der Waals surface area (Å²) in [6, 6.07) is 5.59. The molecule has 21 heavy (non-hydrogen) atoms. The quantitative estimate of drug-likeness (QED) is 0.849. The Labute approximate surface area is 123 Å². The minimum absolute atomic E-state index is 0.203. The molecule has 0 amide bonds. The van der Waals surface area contributed by atoms with E-state index in [1.165, 1.54) is 0 Å². The van der Waals surface area contributed by atoms with E-state index in [0.717, 1.165) is 5.69 Å². The average Bonchev–Trinajstić information content (AvgIpc) is 2.47. The van der Waals surface area contributed by atoms with Gasteiger partial charge < -0.3 is 19.7 Å². The van der Waals surface area contributed by atoms with E-state index in [2.05, 4.69) is 4.98 Å². The first kappa shape index (κ1) is 15.0. The highest BCUT2D eigenvalue weighted by Crippen LogP contribution is 2.34. The van der Waals surface area contributed by atoms with Gasteiger partial charge in [0, 0.05) is 31.6 Å². The molecule has 2 N–H and O–H groups in total. The van der Waals surface area contributed by atoms with Crippen molar-refractivity contribution >= 4 is 16.6 Å². The number of hydrogen-bond acceptors (Lipinski definition) is 4. The summed E-state index contributed by atoms with van der Waals surface area (Å²) < 4.78 is 5.72. The van der Waals surface area contributed by atoms with Crippen molar-refractivity contribution < 1.29 is 9.84 Å². The number of aromatic nitrogens is 1. The Morgan fingerprint density at radius 2 is 2.14 bits per heavy atom. The highest BCUT2D eigenvalue weighted by atomic mass is 16.5. The van der Waals surface area contributed by atoms with Crippen LogP contribution in [-0.2, 0) is 0 Å². The van der Waals surface area contributed by atoms with Gasteiger partial charge in [-0.1, -0.05) is 6.92 Å². The van der Waals surface area contributed by atoms with E-state index in [1.54, 1.807) is 0 Å². The van der Waals surface area contributed by atoms with Gasteiger partial charge in [0.2, 0.25) is 5.75 Å².